The fraction of sp³-hybridized carbons (Fsp3) is 0.333. The van der Waals surface area contributed by atoms with Crippen molar-refractivity contribution in [3.63, 3.8) is 0 Å². The third kappa shape index (κ3) is 3.12. The quantitative estimate of drug-likeness (QED) is 0.855. The summed E-state index contributed by atoms with van der Waals surface area (Å²) in [5, 5.41) is 11.3. The fourth-order valence-corrected chi connectivity index (χ4v) is 2.79. The van der Waals surface area contributed by atoms with E-state index in [1.807, 2.05) is 26.1 Å². The zero-order valence-electron chi connectivity index (χ0n) is 11.4. The zero-order chi connectivity index (χ0) is 13.8. The summed E-state index contributed by atoms with van der Waals surface area (Å²) < 4.78 is 0. The lowest BCUT2D eigenvalue weighted by Crippen LogP contribution is -2.32. The normalized spacial score (nSPS) is 11.9. The molecule has 3 nitrogen and oxygen atoms in total. The molecule has 19 heavy (non-hydrogen) atoms. The minimum absolute atomic E-state index is 0.306. The maximum absolute atomic E-state index is 9.18. The van der Waals surface area contributed by atoms with E-state index in [2.05, 4.69) is 40.4 Å². The van der Waals surface area contributed by atoms with Gasteiger partial charge in [0.1, 0.15) is 11.9 Å². The van der Waals surface area contributed by atoms with Gasteiger partial charge in [-0.2, -0.15) is 5.26 Å². The van der Waals surface area contributed by atoms with Crippen molar-refractivity contribution in [1.29, 1.82) is 5.26 Å². The van der Waals surface area contributed by atoms with E-state index in [1.54, 1.807) is 11.3 Å². The number of aryl methyl sites for hydroxylation is 1. The first-order valence-corrected chi connectivity index (χ1v) is 7.12. The van der Waals surface area contributed by atoms with E-state index in [4.69, 9.17) is 0 Å². The lowest BCUT2D eigenvalue weighted by atomic mass is 10.1. The number of hydrogen-bond donors (Lipinski definition) is 0. The average Bonchev–Trinajstić information content (AvgIpc) is 2.90. The summed E-state index contributed by atoms with van der Waals surface area (Å²) in [6.07, 6.45) is 0.967. The minimum atomic E-state index is 0.306. The Bertz CT molecular complexity index is 584. The van der Waals surface area contributed by atoms with Crippen LogP contribution in [0.5, 0.6) is 0 Å². The topological polar surface area (TPSA) is 39.9 Å². The Kier molecular flexibility index (Phi) is 4.18. The molecule has 0 radical (unpaired) electrons. The molecule has 0 fully saturated rings. The van der Waals surface area contributed by atoms with Crippen LogP contribution in [0.25, 0.3) is 0 Å². The van der Waals surface area contributed by atoms with E-state index in [1.165, 1.54) is 4.88 Å². The molecule has 2 heterocycles. The van der Waals surface area contributed by atoms with Crippen molar-refractivity contribution in [2.45, 2.75) is 26.3 Å². The predicted molar refractivity (Wildman–Crippen MR) is 79.6 cm³/mol. The zero-order valence-corrected chi connectivity index (χ0v) is 12.2. The van der Waals surface area contributed by atoms with Crippen molar-refractivity contribution in [2.24, 2.45) is 0 Å². The molecule has 0 aliphatic heterocycles. The smallest absolute Gasteiger partial charge is 0.146 e. The van der Waals surface area contributed by atoms with Crippen LogP contribution in [-0.4, -0.2) is 18.1 Å². The molecule has 1 unspecified atom stereocenters. The SMILES string of the molecule is Cc1ccc(C#N)c(N(C)C(C)Cc2cccs2)n1. The number of hydrogen-bond acceptors (Lipinski definition) is 4. The van der Waals surface area contributed by atoms with Crippen molar-refractivity contribution in [2.75, 3.05) is 11.9 Å². The van der Waals surface area contributed by atoms with E-state index >= 15 is 0 Å². The van der Waals surface area contributed by atoms with E-state index in [0.717, 1.165) is 17.9 Å². The summed E-state index contributed by atoms with van der Waals surface area (Å²) >= 11 is 1.76. The number of nitrogens with zero attached hydrogens (tertiary/aromatic N) is 3. The highest BCUT2D eigenvalue weighted by Crippen LogP contribution is 2.21. The molecule has 2 aromatic heterocycles. The van der Waals surface area contributed by atoms with Crippen LogP contribution in [0.15, 0.2) is 29.6 Å². The Labute approximate surface area is 118 Å². The predicted octanol–water partition coefficient (Wildman–Crippen LogP) is 3.39. The van der Waals surface area contributed by atoms with Crippen LogP contribution in [0, 0.1) is 18.3 Å². The standard InChI is InChI=1S/C15H17N3S/c1-11-6-7-13(10-16)15(17-11)18(3)12(2)9-14-5-4-8-19-14/h4-8,12H,9H2,1-3H3. The summed E-state index contributed by atoms with van der Waals surface area (Å²) in [7, 11) is 2.00. The molecule has 1 atom stereocenters. The van der Waals surface area contributed by atoms with Gasteiger partial charge in [-0.3, -0.25) is 0 Å². The number of nitriles is 1. The minimum Gasteiger partial charge on any atom is -0.356 e. The molecular weight excluding hydrogens is 254 g/mol. The van der Waals surface area contributed by atoms with Gasteiger partial charge in [0, 0.05) is 30.1 Å². The maximum Gasteiger partial charge on any atom is 0.146 e. The number of likely N-dealkylation sites (N-methyl/N-ethyl adjacent to an activating group) is 1. The molecule has 2 rings (SSSR count). The second-order valence-corrected chi connectivity index (χ2v) is 5.71. The van der Waals surface area contributed by atoms with Gasteiger partial charge in [0.15, 0.2) is 0 Å². The molecule has 4 heteroatoms. The Morgan fingerprint density at radius 1 is 1.42 bits per heavy atom. The maximum atomic E-state index is 9.18. The lowest BCUT2D eigenvalue weighted by molar-refractivity contribution is 0.678. The Balaban J connectivity index is 2.21. The molecular formula is C15H17N3S. The number of pyridine rings is 1. The molecule has 0 amide bonds. The van der Waals surface area contributed by atoms with Gasteiger partial charge < -0.3 is 4.90 Å². The Morgan fingerprint density at radius 3 is 2.84 bits per heavy atom. The van der Waals surface area contributed by atoms with Crippen molar-refractivity contribution in [3.05, 3.63) is 45.8 Å². The first kappa shape index (κ1) is 13.6. The fourth-order valence-electron chi connectivity index (χ4n) is 1.96. The van der Waals surface area contributed by atoms with Gasteiger partial charge in [0.25, 0.3) is 0 Å². The highest BCUT2D eigenvalue weighted by Gasteiger charge is 2.16. The van der Waals surface area contributed by atoms with Gasteiger partial charge in [-0.15, -0.1) is 11.3 Å². The van der Waals surface area contributed by atoms with Crippen LogP contribution in [0.3, 0.4) is 0 Å². The molecule has 0 bridgehead atoms. The number of thiophene rings is 1. The molecule has 98 valence electrons. The number of aromatic nitrogens is 1. The van der Waals surface area contributed by atoms with Crippen molar-refractivity contribution in [1.82, 2.24) is 4.98 Å². The average molecular weight is 271 g/mol. The van der Waals surface area contributed by atoms with Crippen LogP contribution < -0.4 is 4.90 Å². The van der Waals surface area contributed by atoms with Gasteiger partial charge in [0.05, 0.1) is 5.56 Å². The second-order valence-electron chi connectivity index (χ2n) is 4.68. The van der Waals surface area contributed by atoms with E-state index < -0.39 is 0 Å². The Morgan fingerprint density at radius 2 is 2.21 bits per heavy atom. The first-order chi connectivity index (χ1) is 9.11. The summed E-state index contributed by atoms with van der Waals surface area (Å²) in [4.78, 5) is 7.94. The highest BCUT2D eigenvalue weighted by atomic mass is 32.1. The van der Waals surface area contributed by atoms with Crippen LogP contribution in [-0.2, 0) is 6.42 Å². The van der Waals surface area contributed by atoms with Crippen molar-refractivity contribution >= 4 is 17.2 Å². The molecule has 0 N–H and O–H groups in total. The summed E-state index contributed by atoms with van der Waals surface area (Å²) in [6, 6.07) is 10.4. The lowest BCUT2D eigenvalue weighted by Gasteiger charge is -2.26. The van der Waals surface area contributed by atoms with Gasteiger partial charge in [-0.25, -0.2) is 4.98 Å². The first-order valence-electron chi connectivity index (χ1n) is 6.24. The van der Waals surface area contributed by atoms with E-state index in [0.29, 0.717) is 11.6 Å². The molecule has 0 aliphatic carbocycles. The van der Waals surface area contributed by atoms with Crippen molar-refractivity contribution in [3.8, 4) is 6.07 Å². The highest BCUT2D eigenvalue weighted by molar-refractivity contribution is 7.09. The van der Waals surface area contributed by atoms with Gasteiger partial charge in [0.2, 0.25) is 0 Å². The molecule has 0 spiro atoms. The summed E-state index contributed by atoms with van der Waals surface area (Å²) in [5.74, 6) is 0.770. The van der Waals surface area contributed by atoms with E-state index in [-0.39, 0.29) is 0 Å². The number of rotatable bonds is 4. The van der Waals surface area contributed by atoms with Gasteiger partial charge >= 0.3 is 0 Å². The molecule has 2 aromatic rings. The largest absolute Gasteiger partial charge is 0.356 e. The Hall–Kier alpha value is -1.86. The van der Waals surface area contributed by atoms with Crippen LogP contribution in [0.2, 0.25) is 0 Å². The summed E-state index contributed by atoms with van der Waals surface area (Å²) in [6.45, 7) is 4.10. The third-order valence-electron chi connectivity index (χ3n) is 3.21. The van der Waals surface area contributed by atoms with Crippen molar-refractivity contribution < 1.29 is 0 Å². The number of anilines is 1. The molecule has 0 saturated heterocycles. The summed E-state index contributed by atoms with van der Waals surface area (Å²) in [5.41, 5.74) is 1.57. The third-order valence-corrected chi connectivity index (χ3v) is 4.11. The van der Waals surface area contributed by atoms with Gasteiger partial charge in [-0.1, -0.05) is 6.07 Å². The van der Waals surface area contributed by atoms with Crippen LogP contribution >= 0.6 is 11.3 Å². The molecule has 0 aliphatic rings. The second kappa shape index (κ2) is 5.85. The molecule has 0 saturated carbocycles. The van der Waals surface area contributed by atoms with Gasteiger partial charge in [-0.05, 0) is 37.4 Å². The van der Waals surface area contributed by atoms with Crippen LogP contribution in [0.4, 0.5) is 5.82 Å². The monoisotopic (exact) mass is 271 g/mol. The molecule has 0 aromatic carbocycles. The van der Waals surface area contributed by atoms with E-state index in [9.17, 15) is 5.26 Å². The van der Waals surface area contributed by atoms with Crippen LogP contribution in [0.1, 0.15) is 23.1 Å².